The number of primary amides is 1. The van der Waals surface area contributed by atoms with Gasteiger partial charge in [-0.1, -0.05) is 18.2 Å². The van der Waals surface area contributed by atoms with Crippen LogP contribution in [0.3, 0.4) is 0 Å². The minimum Gasteiger partial charge on any atom is -0.452 e. The minimum absolute atomic E-state index is 0.0103. The smallest absolute Gasteiger partial charge is 0.318 e. The summed E-state index contributed by atoms with van der Waals surface area (Å²) < 4.78 is 6.81. The second-order valence-corrected chi connectivity index (χ2v) is 6.51. The molecule has 1 heterocycles. The lowest BCUT2D eigenvalue weighted by Crippen LogP contribution is -2.42. The number of ether oxygens (including phenoxy) is 1. The summed E-state index contributed by atoms with van der Waals surface area (Å²) in [7, 11) is 0. The van der Waals surface area contributed by atoms with E-state index in [-0.39, 0.29) is 5.75 Å². The summed E-state index contributed by atoms with van der Waals surface area (Å²) in [5.41, 5.74) is 7.49. The molecular formula is C17H20N4O4S. The van der Waals surface area contributed by atoms with Crippen molar-refractivity contribution in [3.63, 3.8) is 0 Å². The number of nitrogens with two attached hydrogens (primary N) is 1. The van der Waals surface area contributed by atoms with Gasteiger partial charge in [0, 0.05) is 0 Å². The van der Waals surface area contributed by atoms with Gasteiger partial charge in [-0.15, -0.1) is 11.8 Å². The number of benzene rings is 1. The molecule has 0 saturated heterocycles. The number of aromatic nitrogens is 2. The first kappa shape index (κ1) is 19.5. The summed E-state index contributed by atoms with van der Waals surface area (Å²) in [6.07, 6.45) is -1.11. The Morgan fingerprint density at radius 1 is 1.27 bits per heavy atom. The lowest BCUT2D eigenvalue weighted by molar-refractivity contribution is -0.151. The molecular weight excluding hydrogens is 356 g/mol. The van der Waals surface area contributed by atoms with Crippen LogP contribution in [0.5, 0.6) is 0 Å². The van der Waals surface area contributed by atoms with Gasteiger partial charge in [0.2, 0.25) is 0 Å². The van der Waals surface area contributed by atoms with E-state index in [0.29, 0.717) is 0 Å². The number of urea groups is 1. The van der Waals surface area contributed by atoms with Crippen molar-refractivity contribution in [1.82, 2.24) is 15.1 Å². The van der Waals surface area contributed by atoms with Crippen LogP contribution in [0.25, 0.3) is 5.69 Å². The zero-order valence-electron chi connectivity index (χ0n) is 14.7. The van der Waals surface area contributed by atoms with Crippen LogP contribution in [0.1, 0.15) is 18.3 Å². The molecule has 1 atom stereocenters. The summed E-state index contributed by atoms with van der Waals surface area (Å²) in [6.45, 7) is 5.15. The number of esters is 1. The third-order valence-electron chi connectivity index (χ3n) is 3.48. The Morgan fingerprint density at radius 3 is 2.54 bits per heavy atom. The summed E-state index contributed by atoms with van der Waals surface area (Å²) >= 11 is 1.28. The van der Waals surface area contributed by atoms with Crippen molar-refractivity contribution in [2.24, 2.45) is 5.73 Å². The van der Waals surface area contributed by atoms with Crippen molar-refractivity contribution in [1.29, 1.82) is 0 Å². The molecule has 2 rings (SSSR count). The van der Waals surface area contributed by atoms with Crippen LogP contribution in [0, 0.1) is 13.8 Å². The highest BCUT2D eigenvalue weighted by atomic mass is 32.2. The van der Waals surface area contributed by atoms with Gasteiger partial charge in [-0.25, -0.2) is 9.48 Å². The quantitative estimate of drug-likeness (QED) is 0.586. The predicted molar refractivity (Wildman–Crippen MR) is 97.0 cm³/mol. The molecule has 26 heavy (non-hydrogen) atoms. The van der Waals surface area contributed by atoms with Gasteiger partial charge in [-0.3, -0.25) is 14.9 Å². The zero-order chi connectivity index (χ0) is 19.3. The number of hydrogen-bond acceptors (Lipinski definition) is 6. The molecule has 0 unspecified atom stereocenters. The Labute approximate surface area is 155 Å². The molecule has 9 heteroatoms. The van der Waals surface area contributed by atoms with E-state index in [4.69, 9.17) is 10.5 Å². The van der Waals surface area contributed by atoms with Crippen molar-refractivity contribution in [3.8, 4) is 5.69 Å². The number of hydrogen-bond donors (Lipinski definition) is 2. The Hall–Kier alpha value is -2.81. The number of nitrogens with zero attached hydrogens (tertiary/aromatic N) is 2. The first-order valence-corrected chi connectivity index (χ1v) is 8.82. The normalized spacial score (nSPS) is 11.7. The number of imide groups is 1. The molecule has 0 bridgehead atoms. The van der Waals surface area contributed by atoms with Crippen LogP contribution in [0.2, 0.25) is 0 Å². The second kappa shape index (κ2) is 8.52. The van der Waals surface area contributed by atoms with Gasteiger partial charge in [0.15, 0.2) is 6.10 Å². The molecule has 0 radical (unpaired) electrons. The van der Waals surface area contributed by atoms with Crippen LogP contribution >= 0.6 is 11.8 Å². The first-order valence-electron chi connectivity index (χ1n) is 7.83. The summed E-state index contributed by atoms with van der Waals surface area (Å²) in [4.78, 5) is 35.0. The maximum absolute atomic E-state index is 11.9. The summed E-state index contributed by atoms with van der Waals surface area (Å²) in [6, 6.07) is 8.67. The summed E-state index contributed by atoms with van der Waals surface area (Å²) in [5, 5.41) is 6.37. The van der Waals surface area contributed by atoms with E-state index in [1.54, 1.807) is 0 Å². The van der Waals surface area contributed by atoms with Gasteiger partial charge in [-0.05, 0) is 32.9 Å². The van der Waals surface area contributed by atoms with Crippen molar-refractivity contribution >= 4 is 29.7 Å². The largest absolute Gasteiger partial charge is 0.452 e. The highest BCUT2D eigenvalue weighted by molar-refractivity contribution is 8.00. The Bertz CT molecular complexity index is 820. The van der Waals surface area contributed by atoms with Crippen molar-refractivity contribution in [2.45, 2.75) is 31.8 Å². The molecule has 2 aromatic rings. The monoisotopic (exact) mass is 376 g/mol. The minimum atomic E-state index is -1.11. The van der Waals surface area contributed by atoms with E-state index in [1.165, 1.54) is 18.7 Å². The highest BCUT2D eigenvalue weighted by Gasteiger charge is 2.20. The zero-order valence-corrected chi connectivity index (χ0v) is 15.5. The van der Waals surface area contributed by atoms with Crippen LogP contribution in [-0.2, 0) is 14.3 Å². The maximum Gasteiger partial charge on any atom is 0.318 e. The van der Waals surface area contributed by atoms with E-state index in [0.717, 1.165) is 22.0 Å². The van der Waals surface area contributed by atoms with Crippen molar-refractivity contribution in [2.75, 3.05) is 5.75 Å². The molecule has 8 nitrogen and oxygen atoms in total. The summed E-state index contributed by atoms with van der Waals surface area (Å²) in [5.74, 6) is -1.33. The van der Waals surface area contributed by atoms with Crippen LogP contribution < -0.4 is 11.1 Å². The molecule has 3 N–H and O–H groups in total. The number of carbonyl (C=O) groups is 3. The van der Waals surface area contributed by atoms with Gasteiger partial charge in [0.1, 0.15) is 0 Å². The second-order valence-electron chi connectivity index (χ2n) is 5.52. The SMILES string of the molecule is Cc1nn(-c2ccccc2)c(C)c1SCC(=O)O[C@@H](C)C(=O)NC(N)=O. The van der Waals surface area contributed by atoms with E-state index in [9.17, 15) is 14.4 Å². The third-order valence-corrected chi connectivity index (χ3v) is 4.74. The fourth-order valence-corrected chi connectivity index (χ4v) is 3.17. The lowest BCUT2D eigenvalue weighted by atomic mass is 10.3. The van der Waals surface area contributed by atoms with Crippen LogP contribution in [0.4, 0.5) is 4.79 Å². The number of rotatable bonds is 6. The van der Waals surface area contributed by atoms with Gasteiger partial charge in [0.05, 0.1) is 27.7 Å². The third kappa shape index (κ3) is 4.85. The average molecular weight is 376 g/mol. The Morgan fingerprint density at radius 2 is 1.92 bits per heavy atom. The fraction of sp³-hybridized carbons (Fsp3) is 0.294. The number of thioether (sulfide) groups is 1. The number of para-hydroxylation sites is 1. The highest BCUT2D eigenvalue weighted by Crippen LogP contribution is 2.28. The standard InChI is InChI=1S/C17H20N4O4S/c1-10-15(11(2)21(20-10)13-7-5-4-6-8-13)26-9-14(22)25-12(3)16(23)19-17(18)24/h4-8,12H,9H2,1-3H3,(H3,18,19,23,24)/t12-/m0/s1. The molecule has 1 aromatic heterocycles. The van der Waals surface area contributed by atoms with Gasteiger partial charge in [0.25, 0.3) is 5.91 Å². The number of aryl methyl sites for hydroxylation is 1. The van der Waals surface area contributed by atoms with E-state index in [1.807, 2.05) is 54.2 Å². The Kier molecular flexibility index (Phi) is 6.40. The molecule has 0 saturated carbocycles. The van der Waals surface area contributed by atoms with Gasteiger partial charge in [-0.2, -0.15) is 5.10 Å². The van der Waals surface area contributed by atoms with E-state index >= 15 is 0 Å². The van der Waals surface area contributed by atoms with Gasteiger partial charge < -0.3 is 10.5 Å². The Balaban J connectivity index is 1.99. The lowest BCUT2D eigenvalue weighted by Gasteiger charge is -2.11. The molecule has 138 valence electrons. The topological polar surface area (TPSA) is 116 Å². The number of amides is 3. The van der Waals surface area contributed by atoms with Crippen LogP contribution in [0.15, 0.2) is 35.2 Å². The molecule has 1 aromatic carbocycles. The average Bonchev–Trinajstić information content (AvgIpc) is 2.87. The fourth-order valence-electron chi connectivity index (χ4n) is 2.30. The molecule has 0 aliphatic rings. The van der Waals surface area contributed by atoms with E-state index < -0.39 is 24.0 Å². The number of nitrogens with one attached hydrogen (secondary N) is 1. The number of carbonyl (C=O) groups excluding carboxylic acids is 3. The van der Waals surface area contributed by atoms with E-state index in [2.05, 4.69) is 5.10 Å². The van der Waals surface area contributed by atoms with Crippen molar-refractivity contribution in [3.05, 3.63) is 41.7 Å². The van der Waals surface area contributed by atoms with Gasteiger partial charge >= 0.3 is 12.0 Å². The molecule has 0 aliphatic heterocycles. The molecule has 0 spiro atoms. The molecule has 0 fully saturated rings. The van der Waals surface area contributed by atoms with Crippen molar-refractivity contribution < 1.29 is 19.1 Å². The first-order chi connectivity index (χ1) is 12.3. The molecule has 3 amide bonds. The molecule has 0 aliphatic carbocycles. The van der Waals surface area contributed by atoms with Crippen LogP contribution in [-0.4, -0.2) is 39.5 Å². The predicted octanol–water partition coefficient (Wildman–Crippen LogP) is 1.71. The maximum atomic E-state index is 11.9.